The summed E-state index contributed by atoms with van der Waals surface area (Å²) in [5.41, 5.74) is 7.47. The Morgan fingerprint density at radius 3 is 2.53 bits per heavy atom. The van der Waals surface area contributed by atoms with E-state index >= 15 is 0 Å². The standard InChI is InChI=1S/C9H10N2O.C3H8/c1-11-6-8(10)7-4-2-3-5-9(7)12-11;1-3-2/h2-6H,10H2,1H3;3H2,1-2H3. The summed E-state index contributed by atoms with van der Waals surface area (Å²) >= 11 is 0. The van der Waals surface area contributed by atoms with Gasteiger partial charge in [0.15, 0.2) is 5.75 Å². The molecule has 3 heteroatoms. The molecule has 0 bridgehead atoms. The van der Waals surface area contributed by atoms with E-state index in [0.29, 0.717) is 0 Å². The topological polar surface area (TPSA) is 38.5 Å². The number of hydrogen-bond donors (Lipinski definition) is 1. The van der Waals surface area contributed by atoms with Gasteiger partial charge in [-0.1, -0.05) is 32.4 Å². The Kier molecular flexibility index (Phi) is 4.03. The van der Waals surface area contributed by atoms with Gasteiger partial charge in [-0.25, -0.2) is 5.06 Å². The second-order valence-corrected chi connectivity index (χ2v) is 3.43. The molecule has 1 heterocycles. The minimum absolute atomic E-state index is 0.736. The van der Waals surface area contributed by atoms with E-state index < -0.39 is 0 Å². The zero-order valence-electron chi connectivity index (χ0n) is 9.53. The number of benzene rings is 1. The number of para-hydroxylation sites is 1. The second kappa shape index (κ2) is 5.29. The fourth-order valence-electron chi connectivity index (χ4n) is 1.23. The monoisotopic (exact) mass is 206 g/mol. The molecule has 0 atom stereocenters. The minimum atomic E-state index is 0.736. The van der Waals surface area contributed by atoms with Crippen LogP contribution in [0.15, 0.2) is 30.5 Å². The molecule has 0 saturated heterocycles. The van der Waals surface area contributed by atoms with Crippen LogP contribution in [0.3, 0.4) is 0 Å². The Hall–Kier alpha value is -1.64. The van der Waals surface area contributed by atoms with Crippen LogP contribution in [0.2, 0.25) is 0 Å². The molecule has 0 aliphatic carbocycles. The van der Waals surface area contributed by atoms with Crippen molar-refractivity contribution in [1.29, 1.82) is 0 Å². The van der Waals surface area contributed by atoms with Crippen molar-refractivity contribution in [2.24, 2.45) is 5.73 Å². The maximum atomic E-state index is 5.78. The van der Waals surface area contributed by atoms with Crippen molar-refractivity contribution < 1.29 is 4.84 Å². The number of nitrogens with two attached hydrogens (primary N) is 1. The van der Waals surface area contributed by atoms with E-state index in [4.69, 9.17) is 10.6 Å². The molecular formula is C12H18N2O. The molecule has 2 N–H and O–H groups in total. The quantitative estimate of drug-likeness (QED) is 0.709. The van der Waals surface area contributed by atoms with Crippen molar-refractivity contribution in [3.8, 4) is 5.75 Å². The Bertz CT molecular complexity index is 347. The zero-order valence-corrected chi connectivity index (χ0v) is 9.53. The van der Waals surface area contributed by atoms with E-state index in [0.717, 1.165) is 17.0 Å². The maximum absolute atomic E-state index is 5.78. The molecule has 0 spiro atoms. The molecule has 0 amide bonds. The average molecular weight is 206 g/mol. The van der Waals surface area contributed by atoms with Crippen LogP contribution in [0.5, 0.6) is 5.75 Å². The summed E-state index contributed by atoms with van der Waals surface area (Å²) in [6.45, 7) is 4.25. The van der Waals surface area contributed by atoms with Crippen LogP contribution >= 0.6 is 0 Å². The first-order valence-corrected chi connectivity index (χ1v) is 5.16. The molecule has 2 rings (SSSR count). The molecular weight excluding hydrogens is 188 g/mol. The first kappa shape index (κ1) is 11.4. The van der Waals surface area contributed by atoms with Gasteiger partial charge >= 0.3 is 0 Å². The van der Waals surface area contributed by atoms with Gasteiger partial charge in [0.05, 0.1) is 11.9 Å². The average Bonchev–Trinajstić information content (AvgIpc) is 2.18. The van der Waals surface area contributed by atoms with E-state index in [1.807, 2.05) is 31.3 Å². The van der Waals surface area contributed by atoms with Gasteiger partial charge in [0, 0.05) is 12.6 Å². The Labute approximate surface area is 91.1 Å². The fraction of sp³-hybridized carbons (Fsp3) is 0.333. The molecule has 1 aliphatic heterocycles. The SMILES string of the molecule is CCC.CN1C=C(N)c2ccccc2O1. The van der Waals surface area contributed by atoms with Crippen LogP contribution in [0.4, 0.5) is 0 Å². The lowest BCUT2D eigenvalue weighted by molar-refractivity contribution is 0.0178. The van der Waals surface area contributed by atoms with Crippen molar-refractivity contribution in [3.63, 3.8) is 0 Å². The van der Waals surface area contributed by atoms with Crippen LogP contribution in [-0.4, -0.2) is 12.1 Å². The van der Waals surface area contributed by atoms with Crippen molar-refractivity contribution >= 4 is 5.70 Å². The number of hydrogen-bond acceptors (Lipinski definition) is 3. The van der Waals surface area contributed by atoms with Gasteiger partial charge in [-0.15, -0.1) is 0 Å². The highest BCUT2D eigenvalue weighted by molar-refractivity contribution is 5.68. The molecule has 1 aromatic carbocycles. The highest BCUT2D eigenvalue weighted by Crippen LogP contribution is 2.27. The zero-order chi connectivity index (χ0) is 11.3. The lowest BCUT2D eigenvalue weighted by atomic mass is 10.1. The lowest BCUT2D eigenvalue weighted by Gasteiger charge is -2.23. The third-order valence-corrected chi connectivity index (χ3v) is 1.76. The van der Waals surface area contributed by atoms with Crippen molar-refractivity contribution in [1.82, 2.24) is 5.06 Å². The molecule has 15 heavy (non-hydrogen) atoms. The number of fused-ring (bicyclic) bond motifs is 1. The summed E-state index contributed by atoms with van der Waals surface area (Å²) in [5, 5.41) is 1.59. The summed E-state index contributed by atoms with van der Waals surface area (Å²) < 4.78 is 0. The Morgan fingerprint density at radius 1 is 1.27 bits per heavy atom. The van der Waals surface area contributed by atoms with Gasteiger partial charge in [0.1, 0.15) is 0 Å². The lowest BCUT2D eigenvalue weighted by Crippen LogP contribution is -2.22. The normalized spacial score (nSPS) is 13.0. The highest BCUT2D eigenvalue weighted by Gasteiger charge is 2.12. The Balaban J connectivity index is 0.000000337. The second-order valence-electron chi connectivity index (χ2n) is 3.43. The van der Waals surface area contributed by atoms with E-state index in [9.17, 15) is 0 Å². The molecule has 0 fully saturated rings. The van der Waals surface area contributed by atoms with Gasteiger partial charge in [0.25, 0.3) is 0 Å². The summed E-state index contributed by atoms with van der Waals surface area (Å²) in [5.74, 6) is 0.806. The number of hydroxylamine groups is 2. The third-order valence-electron chi connectivity index (χ3n) is 1.76. The molecule has 0 aromatic heterocycles. The van der Waals surface area contributed by atoms with Gasteiger partial charge in [-0.05, 0) is 12.1 Å². The van der Waals surface area contributed by atoms with Crippen LogP contribution in [-0.2, 0) is 0 Å². The minimum Gasteiger partial charge on any atom is -0.397 e. The predicted octanol–water partition coefficient (Wildman–Crippen LogP) is 2.60. The smallest absolute Gasteiger partial charge is 0.164 e. The first-order chi connectivity index (χ1) is 7.19. The van der Waals surface area contributed by atoms with Crippen LogP contribution in [0, 0.1) is 0 Å². The number of rotatable bonds is 0. The van der Waals surface area contributed by atoms with E-state index in [2.05, 4.69) is 13.8 Å². The first-order valence-electron chi connectivity index (χ1n) is 5.16. The van der Waals surface area contributed by atoms with E-state index in [1.54, 1.807) is 11.3 Å². The maximum Gasteiger partial charge on any atom is 0.164 e. The molecule has 82 valence electrons. The summed E-state index contributed by atoms with van der Waals surface area (Å²) in [7, 11) is 1.81. The van der Waals surface area contributed by atoms with E-state index in [-0.39, 0.29) is 0 Å². The van der Waals surface area contributed by atoms with Crippen molar-refractivity contribution in [2.75, 3.05) is 7.05 Å². The molecule has 0 radical (unpaired) electrons. The number of nitrogens with zero attached hydrogens (tertiary/aromatic N) is 1. The van der Waals surface area contributed by atoms with E-state index in [1.165, 1.54) is 6.42 Å². The van der Waals surface area contributed by atoms with Crippen molar-refractivity contribution in [2.45, 2.75) is 20.3 Å². The molecule has 1 aliphatic rings. The van der Waals surface area contributed by atoms with Crippen LogP contribution < -0.4 is 10.6 Å². The third kappa shape index (κ3) is 2.91. The Morgan fingerprint density at radius 2 is 1.87 bits per heavy atom. The summed E-state index contributed by atoms with van der Waals surface area (Å²) in [6, 6.07) is 7.69. The van der Waals surface area contributed by atoms with Gasteiger partial charge in [-0.3, -0.25) is 0 Å². The van der Waals surface area contributed by atoms with Gasteiger partial charge in [-0.2, -0.15) is 0 Å². The van der Waals surface area contributed by atoms with Gasteiger partial charge in [0.2, 0.25) is 0 Å². The largest absolute Gasteiger partial charge is 0.397 e. The van der Waals surface area contributed by atoms with Crippen LogP contribution in [0.25, 0.3) is 5.70 Å². The van der Waals surface area contributed by atoms with Crippen molar-refractivity contribution in [3.05, 3.63) is 36.0 Å². The molecule has 3 nitrogen and oxygen atoms in total. The molecule has 1 aromatic rings. The van der Waals surface area contributed by atoms with Gasteiger partial charge < -0.3 is 10.6 Å². The predicted molar refractivity (Wildman–Crippen MR) is 63.0 cm³/mol. The molecule has 0 unspecified atom stereocenters. The van der Waals surface area contributed by atoms with Crippen LogP contribution in [0.1, 0.15) is 25.8 Å². The fourth-order valence-corrected chi connectivity index (χ4v) is 1.23. The summed E-state index contributed by atoms with van der Waals surface area (Å²) in [6.07, 6.45) is 3.00. The summed E-state index contributed by atoms with van der Waals surface area (Å²) in [4.78, 5) is 5.38. The highest BCUT2D eigenvalue weighted by atomic mass is 16.7. The molecule has 0 saturated carbocycles.